The lowest BCUT2D eigenvalue weighted by Gasteiger charge is -2.09. The van der Waals surface area contributed by atoms with Crippen molar-refractivity contribution in [3.8, 4) is 0 Å². The molecule has 4 nitrogen and oxygen atoms in total. The molecule has 2 rings (SSSR count). The van der Waals surface area contributed by atoms with Gasteiger partial charge in [0.05, 0.1) is 0 Å². The van der Waals surface area contributed by atoms with Crippen molar-refractivity contribution >= 4 is 31.6 Å². The molecule has 0 aliphatic rings. The van der Waals surface area contributed by atoms with E-state index < -0.39 is 20.9 Å². The van der Waals surface area contributed by atoms with Gasteiger partial charge >= 0.3 is 0 Å². The molecule has 112 valence electrons. The number of anilines is 1. The van der Waals surface area contributed by atoms with Gasteiger partial charge < -0.3 is 0 Å². The topological polar surface area (TPSA) is 59.1 Å². The van der Waals surface area contributed by atoms with Crippen molar-refractivity contribution in [1.29, 1.82) is 0 Å². The zero-order valence-electron chi connectivity index (χ0n) is 11.1. The van der Waals surface area contributed by atoms with Gasteiger partial charge in [0.15, 0.2) is 5.82 Å². The van der Waals surface area contributed by atoms with Gasteiger partial charge in [-0.2, -0.15) is 8.42 Å². The summed E-state index contributed by atoms with van der Waals surface area (Å²) in [5.41, 5.74) is 1.41. The van der Waals surface area contributed by atoms with E-state index in [1.165, 1.54) is 12.3 Å². The second kappa shape index (κ2) is 7.00. The third-order valence-corrected chi connectivity index (χ3v) is 4.63. The van der Waals surface area contributed by atoms with Gasteiger partial charge in [-0.1, -0.05) is 28.1 Å². The summed E-state index contributed by atoms with van der Waals surface area (Å²) in [6.45, 7) is 0. The van der Waals surface area contributed by atoms with E-state index in [0.29, 0.717) is 5.69 Å². The van der Waals surface area contributed by atoms with E-state index in [9.17, 15) is 12.8 Å². The van der Waals surface area contributed by atoms with Gasteiger partial charge in [-0.15, -0.1) is 0 Å². The molecule has 0 atom stereocenters. The molecule has 7 heteroatoms. The first-order chi connectivity index (χ1) is 10.0. The Morgan fingerprint density at radius 1 is 1.24 bits per heavy atom. The van der Waals surface area contributed by atoms with E-state index >= 15 is 0 Å². The number of benzene rings is 1. The number of aryl methyl sites for hydroxylation is 1. The van der Waals surface area contributed by atoms with Crippen LogP contribution in [0.25, 0.3) is 0 Å². The van der Waals surface area contributed by atoms with Crippen molar-refractivity contribution in [3.05, 3.63) is 54.0 Å². The lowest BCUT2D eigenvalue weighted by molar-refractivity contribution is 0.557. The maximum absolute atomic E-state index is 13.5. The maximum atomic E-state index is 13.5. The largest absolute Gasteiger partial charge is 0.282 e. The fourth-order valence-corrected chi connectivity index (χ4v) is 3.17. The molecule has 1 N–H and O–H groups in total. The molecule has 0 radical (unpaired) electrons. The summed E-state index contributed by atoms with van der Waals surface area (Å²) < 4.78 is 40.2. The van der Waals surface area contributed by atoms with Crippen LogP contribution in [0.4, 0.5) is 10.1 Å². The molecule has 0 spiro atoms. The summed E-state index contributed by atoms with van der Waals surface area (Å²) in [6, 6.07) is 9.44. The SMILES string of the molecule is O=S(=O)(Nc1cccc(CCCBr)c1)c1ncccc1F. The Labute approximate surface area is 131 Å². The quantitative estimate of drug-likeness (QED) is 0.790. The van der Waals surface area contributed by atoms with Crippen molar-refractivity contribution in [3.63, 3.8) is 0 Å². The van der Waals surface area contributed by atoms with Crippen LogP contribution < -0.4 is 4.72 Å². The van der Waals surface area contributed by atoms with Gasteiger partial charge in [-0.25, -0.2) is 9.37 Å². The molecule has 1 aromatic carbocycles. The highest BCUT2D eigenvalue weighted by Crippen LogP contribution is 2.18. The van der Waals surface area contributed by atoms with E-state index in [1.807, 2.05) is 6.07 Å². The molecule has 1 heterocycles. The number of sulfonamides is 1. The molecule has 0 saturated heterocycles. The fourth-order valence-electron chi connectivity index (χ4n) is 1.83. The normalized spacial score (nSPS) is 11.3. The number of alkyl halides is 1. The number of nitrogens with one attached hydrogen (secondary N) is 1. The summed E-state index contributed by atoms with van der Waals surface area (Å²) in [4.78, 5) is 3.59. The van der Waals surface area contributed by atoms with Crippen LogP contribution in [0.2, 0.25) is 0 Å². The Balaban J connectivity index is 2.23. The molecule has 0 unspecified atom stereocenters. The van der Waals surface area contributed by atoms with Crippen LogP contribution in [0.1, 0.15) is 12.0 Å². The molecule has 0 aliphatic carbocycles. The minimum atomic E-state index is -4.03. The number of aromatic nitrogens is 1. The van der Waals surface area contributed by atoms with Crippen LogP contribution in [0.15, 0.2) is 47.6 Å². The second-order valence-corrected chi connectivity index (χ2v) is 6.78. The minimum Gasteiger partial charge on any atom is -0.278 e. The lowest BCUT2D eigenvalue weighted by atomic mass is 10.1. The van der Waals surface area contributed by atoms with Crippen LogP contribution in [0.5, 0.6) is 0 Å². The van der Waals surface area contributed by atoms with Crippen LogP contribution >= 0.6 is 15.9 Å². The molecule has 1 aromatic heterocycles. The van der Waals surface area contributed by atoms with E-state index in [4.69, 9.17) is 0 Å². The zero-order valence-corrected chi connectivity index (χ0v) is 13.5. The van der Waals surface area contributed by atoms with E-state index in [-0.39, 0.29) is 0 Å². The lowest BCUT2D eigenvalue weighted by Crippen LogP contribution is -2.16. The molecular formula is C14H14BrFN2O2S. The third kappa shape index (κ3) is 4.25. The van der Waals surface area contributed by atoms with Crippen molar-refractivity contribution < 1.29 is 12.8 Å². The summed E-state index contributed by atoms with van der Waals surface area (Å²) in [6.07, 6.45) is 3.02. The van der Waals surface area contributed by atoms with Gasteiger partial charge in [0.1, 0.15) is 0 Å². The van der Waals surface area contributed by atoms with Crippen LogP contribution in [0.3, 0.4) is 0 Å². The van der Waals surface area contributed by atoms with Gasteiger partial charge in [0.2, 0.25) is 5.03 Å². The smallest absolute Gasteiger partial charge is 0.278 e. The van der Waals surface area contributed by atoms with E-state index in [2.05, 4.69) is 25.6 Å². The van der Waals surface area contributed by atoms with Crippen LogP contribution in [-0.4, -0.2) is 18.7 Å². The number of rotatable bonds is 6. The summed E-state index contributed by atoms with van der Waals surface area (Å²) in [7, 11) is -4.03. The monoisotopic (exact) mass is 372 g/mol. The Bertz CT molecular complexity index is 722. The first-order valence-corrected chi connectivity index (χ1v) is 8.91. The highest BCUT2D eigenvalue weighted by molar-refractivity contribution is 9.09. The van der Waals surface area contributed by atoms with Crippen molar-refractivity contribution in [2.24, 2.45) is 0 Å². The van der Waals surface area contributed by atoms with Crippen molar-refractivity contribution in [2.75, 3.05) is 10.1 Å². The second-order valence-electron chi connectivity index (χ2n) is 4.39. The molecule has 0 bridgehead atoms. The number of pyridine rings is 1. The number of hydrogen-bond acceptors (Lipinski definition) is 3. The number of nitrogens with zero attached hydrogens (tertiary/aromatic N) is 1. The van der Waals surface area contributed by atoms with Crippen LogP contribution in [0, 0.1) is 5.82 Å². The van der Waals surface area contributed by atoms with Gasteiger partial charge in [0, 0.05) is 17.2 Å². The zero-order chi connectivity index (χ0) is 15.3. The standard InChI is InChI=1S/C14H14BrFN2O2S/c15-8-2-5-11-4-1-6-12(10-11)18-21(19,20)14-13(16)7-3-9-17-14/h1,3-4,6-7,9-10,18H,2,5,8H2. The van der Waals surface area contributed by atoms with Crippen molar-refractivity contribution in [1.82, 2.24) is 4.98 Å². The van der Waals surface area contributed by atoms with E-state index in [1.54, 1.807) is 18.2 Å². The average Bonchev–Trinajstić information content (AvgIpc) is 2.45. The first-order valence-electron chi connectivity index (χ1n) is 6.31. The average molecular weight is 373 g/mol. The van der Waals surface area contributed by atoms with Gasteiger partial charge in [-0.05, 0) is 42.7 Å². The maximum Gasteiger partial charge on any atom is 0.282 e. The molecule has 0 fully saturated rings. The fraction of sp³-hybridized carbons (Fsp3) is 0.214. The molecular weight excluding hydrogens is 359 g/mol. The van der Waals surface area contributed by atoms with Crippen molar-refractivity contribution in [2.45, 2.75) is 17.9 Å². The summed E-state index contributed by atoms with van der Waals surface area (Å²) in [5, 5.41) is 0.276. The molecule has 2 aromatic rings. The summed E-state index contributed by atoms with van der Waals surface area (Å²) >= 11 is 3.35. The Morgan fingerprint density at radius 2 is 2.05 bits per heavy atom. The number of hydrogen-bond donors (Lipinski definition) is 1. The van der Waals surface area contributed by atoms with Gasteiger partial charge in [-0.3, -0.25) is 4.72 Å². The molecule has 0 aliphatic heterocycles. The molecule has 0 saturated carbocycles. The Morgan fingerprint density at radius 3 is 2.76 bits per heavy atom. The highest BCUT2D eigenvalue weighted by Gasteiger charge is 2.20. The summed E-state index contributed by atoms with van der Waals surface area (Å²) in [5.74, 6) is -0.875. The minimum absolute atomic E-state index is 0.395. The first kappa shape index (κ1) is 15.9. The Hall–Kier alpha value is -1.47. The predicted molar refractivity (Wildman–Crippen MR) is 83.6 cm³/mol. The highest BCUT2D eigenvalue weighted by atomic mass is 79.9. The third-order valence-electron chi connectivity index (χ3n) is 2.76. The molecule has 21 heavy (non-hydrogen) atoms. The Kier molecular flexibility index (Phi) is 5.30. The number of halogens is 2. The van der Waals surface area contributed by atoms with Gasteiger partial charge in [0.25, 0.3) is 10.0 Å². The predicted octanol–water partition coefficient (Wildman–Crippen LogP) is 3.35. The molecule has 0 amide bonds. The van der Waals surface area contributed by atoms with E-state index in [0.717, 1.165) is 29.8 Å². The van der Waals surface area contributed by atoms with Crippen LogP contribution in [-0.2, 0) is 16.4 Å².